The van der Waals surface area contributed by atoms with Crippen LogP contribution in [0.25, 0.3) is 0 Å². The predicted octanol–water partition coefficient (Wildman–Crippen LogP) is 2.47. The monoisotopic (exact) mass is 293 g/mol. The van der Waals surface area contributed by atoms with Crippen molar-refractivity contribution in [1.29, 1.82) is 0 Å². The number of nitrogens with zero attached hydrogens (tertiary/aromatic N) is 1. The molecule has 0 saturated carbocycles. The van der Waals surface area contributed by atoms with Crippen molar-refractivity contribution in [3.8, 4) is 11.5 Å². The average molecular weight is 293 g/mol. The van der Waals surface area contributed by atoms with E-state index in [9.17, 15) is 14.9 Å². The molecule has 0 unspecified atom stereocenters. The number of benzene rings is 1. The molecule has 1 heterocycles. The second kappa shape index (κ2) is 5.95. The lowest BCUT2D eigenvalue weighted by atomic mass is 10.3. The van der Waals surface area contributed by atoms with E-state index in [1.165, 1.54) is 31.4 Å². The minimum absolute atomic E-state index is 0.00706. The molecule has 2 rings (SSSR count). The largest absolute Gasteiger partial charge is 0.497 e. The first kappa shape index (κ1) is 14.4. The van der Waals surface area contributed by atoms with Gasteiger partial charge in [0.25, 0.3) is 0 Å². The van der Waals surface area contributed by atoms with Crippen LogP contribution in [0.1, 0.15) is 16.1 Å². The Kier molecular flexibility index (Phi) is 4.07. The Labute approximate surface area is 118 Å². The van der Waals surface area contributed by atoms with E-state index in [-0.39, 0.29) is 29.4 Å². The van der Waals surface area contributed by atoms with E-state index in [0.29, 0.717) is 5.75 Å². The van der Waals surface area contributed by atoms with Gasteiger partial charge < -0.3 is 19.0 Å². The highest BCUT2D eigenvalue weighted by molar-refractivity contribution is 5.87. The van der Waals surface area contributed by atoms with Gasteiger partial charge in [-0.25, -0.2) is 4.79 Å². The van der Waals surface area contributed by atoms with E-state index in [1.54, 1.807) is 0 Å². The number of hydrogen-bond acceptors (Lipinski definition) is 6. The maximum absolute atomic E-state index is 10.9. The van der Waals surface area contributed by atoms with Gasteiger partial charge in [0.1, 0.15) is 24.4 Å². The molecule has 0 bridgehead atoms. The first-order valence-corrected chi connectivity index (χ1v) is 5.77. The summed E-state index contributed by atoms with van der Waals surface area (Å²) >= 11 is 0. The first-order chi connectivity index (χ1) is 10.0. The number of carbonyl (C=O) groups is 1. The summed E-state index contributed by atoms with van der Waals surface area (Å²) in [6, 6.07) is 5.37. The summed E-state index contributed by atoms with van der Waals surface area (Å²) in [6.07, 6.45) is 1.07. The number of aromatic carboxylic acids is 1. The molecular formula is C13H11NO7. The highest BCUT2D eigenvalue weighted by Crippen LogP contribution is 2.31. The first-order valence-electron chi connectivity index (χ1n) is 5.77. The van der Waals surface area contributed by atoms with E-state index < -0.39 is 10.9 Å². The van der Waals surface area contributed by atoms with Crippen LogP contribution in [-0.2, 0) is 6.61 Å². The standard InChI is InChI=1S/C13H11NO7/c1-19-9-2-3-11(14(17)18)12(5-9)21-7-10-4-8(6-20-10)13(15)16/h2-6H,7H2,1H3,(H,15,16). The van der Waals surface area contributed by atoms with Crippen molar-refractivity contribution < 1.29 is 28.7 Å². The zero-order chi connectivity index (χ0) is 15.4. The van der Waals surface area contributed by atoms with Crippen LogP contribution in [-0.4, -0.2) is 23.1 Å². The zero-order valence-electron chi connectivity index (χ0n) is 10.9. The summed E-state index contributed by atoms with van der Waals surface area (Å²) in [7, 11) is 1.43. The maximum Gasteiger partial charge on any atom is 0.338 e. The van der Waals surface area contributed by atoms with Gasteiger partial charge in [0.2, 0.25) is 5.75 Å². The minimum atomic E-state index is -1.13. The SMILES string of the molecule is COc1ccc([N+](=O)[O-])c(OCc2cc(C(=O)O)co2)c1. The number of hydrogen-bond donors (Lipinski definition) is 1. The van der Waals surface area contributed by atoms with Crippen LogP contribution >= 0.6 is 0 Å². The van der Waals surface area contributed by atoms with Crippen molar-refractivity contribution in [3.63, 3.8) is 0 Å². The smallest absolute Gasteiger partial charge is 0.338 e. The Hall–Kier alpha value is -3.03. The lowest BCUT2D eigenvalue weighted by Gasteiger charge is -2.07. The summed E-state index contributed by atoms with van der Waals surface area (Å²) in [4.78, 5) is 21.0. The zero-order valence-corrected chi connectivity index (χ0v) is 10.9. The molecule has 8 nitrogen and oxygen atoms in total. The average Bonchev–Trinajstić information content (AvgIpc) is 2.93. The molecule has 0 atom stereocenters. The second-order valence-electron chi connectivity index (χ2n) is 3.99. The summed E-state index contributed by atoms with van der Waals surface area (Å²) in [6.45, 7) is -0.138. The number of carboxylic acid groups (broad SMARTS) is 1. The summed E-state index contributed by atoms with van der Waals surface area (Å²) in [5.41, 5.74) is -0.241. The van der Waals surface area contributed by atoms with Gasteiger partial charge in [-0.3, -0.25) is 10.1 Å². The third-order valence-corrected chi connectivity index (χ3v) is 2.63. The molecule has 0 fully saturated rings. The van der Waals surface area contributed by atoms with Crippen molar-refractivity contribution in [2.45, 2.75) is 6.61 Å². The molecule has 0 radical (unpaired) electrons. The number of nitro groups is 1. The Balaban J connectivity index is 2.17. The number of rotatable bonds is 6. The van der Waals surface area contributed by atoms with Gasteiger partial charge in [0.15, 0.2) is 0 Å². The molecule has 1 aromatic heterocycles. The van der Waals surface area contributed by atoms with Gasteiger partial charge in [-0.05, 0) is 12.1 Å². The highest BCUT2D eigenvalue weighted by atomic mass is 16.6. The van der Waals surface area contributed by atoms with Crippen molar-refractivity contribution in [2.24, 2.45) is 0 Å². The highest BCUT2D eigenvalue weighted by Gasteiger charge is 2.17. The van der Waals surface area contributed by atoms with Crippen molar-refractivity contribution in [3.05, 3.63) is 52.0 Å². The molecule has 0 aliphatic heterocycles. The van der Waals surface area contributed by atoms with Crippen molar-refractivity contribution in [1.82, 2.24) is 0 Å². The lowest BCUT2D eigenvalue weighted by Crippen LogP contribution is -1.99. The fourth-order valence-electron chi connectivity index (χ4n) is 1.61. The third-order valence-electron chi connectivity index (χ3n) is 2.63. The molecular weight excluding hydrogens is 282 g/mol. The van der Waals surface area contributed by atoms with Gasteiger partial charge in [-0.15, -0.1) is 0 Å². The Morgan fingerprint density at radius 1 is 1.43 bits per heavy atom. The molecule has 2 aromatic rings. The molecule has 1 N–H and O–H groups in total. The lowest BCUT2D eigenvalue weighted by molar-refractivity contribution is -0.386. The van der Waals surface area contributed by atoms with Crippen molar-refractivity contribution in [2.75, 3.05) is 7.11 Å². The number of nitro benzene ring substituents is 1. The molecule has 0 spiro atoms. The molecule has 0 amide bonds. The summed E-state index contributed by atoms with van der Waals surface area (Å²) in [5.74, 6) is -0.476. The molecule has 1 aromatic carbocycles. The third kappa shape index (κ3) is 3.30. The summed E-state index contributed by atoms with van der Waals surface area (Å²) < 4.78 is 15.3. The van der Waals surface area contributed by atoms with Crippen LogP contribution in [0.3, 0.4) is 0 Å². The minimum Gasteiger partial charge on any atom is -0.497 e. The topological polar surface area (TPSA) is 112 Å². The van der Waals surface area contributed by atoms with Gasteiger partial charge >= 0.3 is 11.7 Å². The van der Waals surface area contributed by atoms with Crippen LogP contribution in [0.4, 0.5) is 5.69 Å². The van der Waals surface area contributed by atoms with E-state index >= 15 is 0 Å². The van der Waals surface area contributed by atoms with Gasteiger partial charge in [-0.1, -0.05) is 0 Å². The van der Waals surface area contributed by atoms with E-state index in [0.717, 1.165) is 6.26 Å². The van der Waals surface area contributed by atoms with Crippen LogP contribution in [0, 0.1) is 10.1 Å². The molecule has 0 saturated heterocycles. The van der Waals surface area contributed by atoms with Gasteiger partial charge in [0, 0.05) is 12.1 Å². The predicted molar refractivity (Wildman–Crippen MR) is 69.6 cm³/mol. The molecule has 0 aliphatic carbocycles. The number of carboxylic acids is 1. The number of methoxy groups -OCH3 is 1. The van der Waals surface area contributed by atoms with Gasteiger partial charge in [0.05, 0.1) is 17.6 Å². The fraction of sp³-hybridized carbons (Fsp3) is 0.154. The molecule has 110 valence electrons. The van der Waals surface area contributed by atoms with Crippen LogP contribution < -0.4 is 9.47 Å². The molecule has 8 heteroatoms. The second-order valence-corrected chi connectivity index (χ2v) is 3.99. The van der Waals surface area contributed by atoms with Crippen LogP contribution in [0.2, 0.25) is 0 Å². The van der Waals surface area contributed by atoms with Crippen LogP contribution in [0.5, 0.6) is 11.5 Å². The number of ether oxygens (including phenoxy) is 2. The Morgan fingerprint density at radius 3 is 2.76 bits per heavy atom. The van der Waals surface area contributed by atoms with E-state index in [2.05, 4.69) is 0 Å². The molecule has 0 aliphatic rings. The van der Waals surface area contributed by atoms with Gasteiger partial charge in [-0.2, -0.15) is 0 Å². The Morgan fingerprint density at radius 2 is 2.19 bits per heavy atom. The summed E-state index contributed by atoms with van der Waals surface area (Å²) in [5, 5.41) is 19.7. The Bertz CT molecular complexity index is 677. The number of furan rings is 1. The van der Waals surface area contributed by atoms with Crippen molar-refractivity contribution >= 4 is 11.7 Å². The van der Waals surface area contributed by atoms with E-state index in [1.807, 2.05) is 0 Å². The quantitative estimate of drug-likeness (QED) is 0.643. The maximum atomic E-state index is 10.9. The molecule has 21 heavy (non-hydrogen) atoms. The van der Waals surface area contributed by atoms with E-state index in [4.69, 9.17) is 19.0 Å². The fourth-order valence-corrected chi connectivity index (χ4v) is 1.61. The van der Waals surface area contributed by atoms with Crippen LogP contribution in [0.15, 0.2) is 34.9 Å². The normalized spacial score (nSPS) is 10.1.